The molecule has 0 aromatic carbocycles. The predicted octanol–water partition coefficient (Wildman–Crippen LogP) is 1.31. The highest BCUT2D eigenvalue weighted by atomic mass is 32.1. The zero-order chi connectivity index (χ0) is 12.1. The molecule has 0 fully saturated rings. The van der Waals surface area contributed by atoms with Gasteiger partial charge in [-0.25, -0.2) is 4.98 Å². The quantitative estimate of drug-likeness (QED) is 0.785. The first kappa shape index (κ1) is 12.0. The van der Waals surface area contributed by atoms with Crippen molar-refractivity contribution in [2.24, 2.45) is 0 Å². The first-order valence-corrected chi connectivity index (χ1v) is 6.23. The summed E-state index contributed by atoms with van der Waals surface area (Å²) in [5, 5.41) is 2.84. The lowest BCUT2D eigenvalue weighted by Crippen LogP contribution is -2.25. The van der Waals surface area contributed by atoms with Crippen molar-refractivity contribution in [2.45, 2.75) is 12.8 Å². The van der Waals surface area contributed by atoms with E-state index in [2.05, 4.69) is 22.9 Å². The van der Waals surface area contributed by atoms with Gasteiger partial charge in [0.05, 0.1) is 5.69 Å². The highest BCUT2D eigenvalue weighted by Gasteiger charge is 2.02. The Hall–Kier alpha value is -1.49. The van der Waals surface area contributed by atoms with E-state index in [1.807, 2.05) is 35.0 Å². The zero-order valence-electron chi connectivity index (χ0n) is 9.47. The van der Waals surface area contributed by atoms with Crippen molar-refractivity contribution in [1.29, 1.82) is 0 Å². The Labute approximate surface area is 105 Å². The Kier molecular flexibility index (Phi) is 4.03. The van der Waals surface area contributed by atoms with Gasteiger partial charge in [0.25, 0.3) is 0 Å². The second-order valence-electron chi connectivity index (χ2n) is 3.77. The number of rotatable bonds is 5. The standard InChI is InChI=1S/C12H15N3OS/c16-12(5-8-17)13-6-4-10-9-15-7-2-1-3-11(15)14-10/h1-3,7,9,17H,4-6,8H2,(H,13,16). The first-order chi connectivity index (χ1) is 8.29. The molecule has 0 saturated heterocycles. The van der Waals surface area contributed by atoms with E-state index >= 15 is 0 Å². The van der Waals surface area contributed by atoms with E-state index in [-0.39, 0.29) is 5.91 Å². The third kappa shape index (κ3) is 3.23. The monoisotopic (exact) mass is 249 g/mol. The smallest absolute Gasteiger partial charge is 0.220 e. The molecule has 0 bridgehead atoms. The fourth-order valence-electron chi connectivity index (χ4n) is 1.63. The molecule has 0 unspecified atom stereocenters. The summed E-state index contributed by atoms with van der Waals surface area (Å²) >= 11 is 4.01. The van der Waals surface area contributed by atoms with Gasteiger partial charge < -0.3 is 9.72 Å². The van der Waals surface area contributed by atoms with Crippen LogP contribution < -0.4 is 5.32 Å². The zero-order valence-corrected chi connectivity index (χ0v) is 10.4. The SMILES string of the molecule is O=C(CCS)NCCc1cn2ccccc2n1. The summed E-state index contributed by atoms with van der Waals surface area (Å²) in [6.45, 7) is 0.622. The van der Waals surface area contributed by atoms with Crippen LogP contribution in [0.1, 0.15) is 12.1 Å². The number of aromatic nitrogens is 2. The Morgan fingerprint density at radius 2 is 2.35 bits per heavy atom. The molecular weight excluding hydrogens is 234 g/mol. The van der Waals surface area contributed by atoms with Crippen LogP contribution >= 0.6 is 12.6 Å². The predicted molar refractivity (Wildman–Crippen MR) is 70.4 cm³/mol. The molecule has 0 aliphatic carbocycles. The van der Waals surface area contributed by atoms with Crippen molar-refractivity contribution >= 4 is 24.2 Å². The van der Waals surface area contributed by atoms with E-state index in [0.29, 0.717) is 18.7 Å². The van der Waals surface area contributed by atoms with Crippen LogP contribution in [0.5, 0.6) is 0 Å². The summed E-state index contributed by atoms with van der Waals surface area (Å²) in [6, 6.07) is 5.89. The lowest BCUT2D eigenvalue weighted by molar-refractivity contribution is -0.120. The van der Waals surface area contributed by atoms with E-state index < -0.39 is 0 Å². The first-order valence-electron chi connectivity index (χ1n) is 5.60. The largest absolute Gasteiger partial charge is 0.356 e. The van der Waals surface area contributed by atoms with Crippen LogP contribution in [0, 0.1) is 0 Å². The number of thiol groups is 1. The van der Waals surface area contributed by atoms with Gasteiger partial charge in [-0.05, 0) is 17.9 Å². The summed E-state index contributed by atoms with van der Waals surface area (Å²) in [7, 11) is 0. The molecule has 90 valence electrons. The van der Waals surface area contributed by atoms with E-state index in [1.54, 1.807) is 0 Å². The van der Waals surface area contributed by atoms with Crippen molar-refractivity contribution in [1.82, 2.24) is 14.7 Å². The molecule has 1 amide bonds. The van der Waals surface area contributed by atoms with E-state index in [1.165, 1.54) is 0 Å². The lowest BCUT2D eigenvalue weighted by atomic mass is 10.3. The molecule has 4 nitrogen and oxygen atoms in total. The molecule has 0 radical (unpaired) electrons. The van der Waals surface area contributed by atoms with Crippen LogP contribution in [-0.2, 0) is 11.2 Å². The van der Waals surface area contributed by atoms with Gasteiger partial charge in [-0.2, -0.15) is 12.6 Å². The number of nitrogens with one attached hydrogen (secondary N) is 1. The second-order valence-corrected chi connectivity index (χ2v) is 4.22. The third-order valence-corrected chi connectivity index (χ3v) is 2.68. The summed E-state index contributed by atoms with van der Waals surface area (Å²) in [5.41, 5.74) is 1.92. The summed E-state index contributed by atoms with van der Waals surface area (Å²) < 4.78 is 1.98. The maximum Gasteiger partial charge on any atom is 0.220 e. The Morgan fingerprint density at radius 3 is 3.12 bits per heavy atom. The van der Waals surface area contributed by atoms with Crippen LogP contribution in [0.2, 0.25) is 0 Å². The molecule has 2 rings (SSSR count). The molecule has 0 spiro atoms. The highest BCUT2D eigenvalue weighted by Crippen LogP contribution is 2.04. The van der Waals surface area contributed by atoms with E-state index in [9.17, 15) is 4.79 Å². The van der Waals surface area contributed by atoms with E-state index in [4.69, 9.17) is 0 Å². The van der Waals surface area contributed by atoms with E-state index in [0.717, 1.165) is 17.8 Å². The number of hydrogen-bond donors (Lipinski definition) is 2. The summed E-state index contributed by atoms with van der Waals surface area (Å²) in [4.78, 5) is 15.7. The normalized spacial score (nSPS) is 10.6. The fraction of sp³-hybridized carbons (Fsp3) is 0.333. The fourth-order valence-corrected chi connectivity index (χ4v) is 1.83. The van der Waals surface area contributed by atoms with Gasteiger partial charge in [-0.15, -0.1) is 0 Å². The van der Waals surface area contributed by atoms with Crippen molar-refractivity contribution < 1.29 is 4.79 Å². The van der Waals surface area contributed by atoms with Crippen molar-refractivity contribution in [2.75, 3.05) is 12.3 Å². The van der Waals surface area contributed by atoms with Gasteiger partial charge in [0.15, 0.2) is 0 Å². The minimum Gasteiger partial charge on any atom is -0.356 e. The second kappa shape index (κ2) is 5.72. The number of nitrogens with zero attached hydrogens (tertiary/aromatic N) is 2. The number of imidazole rings is 1. The lowest BCUT2D eigenvalue weighted by Gasteiger charge is -2.01. The average Bonchev–Trinajstić information content (AvgIpc) is 2.71. The molecule has 0 aliphatic rings. The minimum atomic E-state index is 0.0452. The van der Waals surface area contributed by atoms with Gasteiger partial charge in [-0.3, -0.25) is 4.79 Å². The number of pyridine rings is 1. The average molecular weight is 249 g/mol. The number of carbonyl (C=O) groups is 1. The molecule has 0 aliphatic heterocycles. The highest BCUT2D eigenvalue weighted by molar-refractivity contribution is 7.80. The van der Waals surface area contributed by atoms with Crippen LogP contribution in [0.25, 0.3) is 5.65 Å². The molecular formula is C12H15N3OS. The molecule has 0 atom stereocenters. The van der Waals surface area contributed by atoms with Crippen LogP contribution in [0.4, 0.5) is 0 Å². The number of amides is 1. The topological polar surface area (TPSA) is 46.4 Å². The Morgan fingerprint density at radius 1 is 1.47 bits per heavy atom. The number of hydrogen-bond acceptors (Lipinski definition) is 3. The van der Waals surface area contributed by atoms with Crippen LogP contribution in [-0.4, -0.2) is 27.6 Å². The van der Waals surface area contributed by atoms with Crippen LogP contribution in [0.3, 0.4) is 0 Å². The molecule has 2 aromatic rings. The van der Waals surface area contributed by atoms with Crippen molar-refractivity contribution in [3.63, 3.8) is 0 Å². The van der Waals surface area contributed by atoms with Gasteiger partial charge in [0.2, 0.25) is 5.91 Å². The van der Waals surface area contributed by atoms with Crippen LogP contribution in [0.15, 0.2) is 30.6 Å². The van der Waals surface area contributed by atoms with Crippen molar-refractivity contribution in [3.05, 3.63) is 36.3 Å². The Bertz CT molecular complexity index is 476. The van der Waals surface area contributed by atoms with Gasteiger partial charge in [-0.1, -0.05) is 6.07 Å². The minimum absolute atomic E-state index is 0.0452. The molecule has 0 saturated carbocycles. The molecule has 17 heavy (non-hydrogen) atoms. The molecule has 5 heteroatoms. The van der Waals surface area contributed by atoms with Gasteiger partial charge in [0, 0.05) is 31.8 Å². The maximum atomic E-state index is 11.2. The molecule has 1 N–H and O–H groups in total. The summed E-state index contributed by atoms with van der Waals surface area (Å²) in [6.07, 6.45) is 5.17. The Balaban J connectivity index is 1.89. The molecule has 2 heterocycles. The van der Waals surface area contributed by atoms with Gasteiger partial charge >= 0.3 is 0 Å². The number of carbonyl (C=O) groups excluding carboxylic acids is 1. The van der Waals surface area contributed by atoms with Crippen molar-refractivity contribution in [3.8, 4) is 0 Å². The molecule has 2 aromatic heterocycles. The number of fused-ring (bicyclic) bond motifs is 1. The summed E-state index contributed by atoms with van der Waals surface area (Å²) in [5.74, 6) is 0.629. The van der Waals surface area contributed by atoms with Gasteiger partial charge in [0.1, 0.15) is 5.65 Å². The third-order valence-electron chi connectivity index (χ3n) is 2.46. The maximum absolute atomic E-state index is 11.2.